The number of benzene rings is 1. The fourth-order valence-electron chi connectivity index (χ4n) is 2.20. The van der Waals surface area contributed by atoms with Gasteiger partial charge in [-0.3, -0.25) is 5.73 Å². The number of fused-ring (bicyclic) bond motifs is 1. The Hall–Kier alpha value is -1.81. The standard InChI is InChI=1S/C14H18N2O2/c1-10(2)14(15,13(17)18)16-8-7-11-5-3-4-6-12(11)9-16/h3-8,10H,9,15H2,1-2H3,(H,17,18)/t14-/m0/s1. The van der Waals surface area contributed by atoms with Gasteiger partial charge in [0.25, 0.3) is 0 Å². The van der Waals surface area contributed by atoms with E-state index in [0.717, 1.165) is 11.1 Å². The molecule has 96 valence electrons. The summed E-state index contributed by atoms with van der Waals surface area (Å²) in [5.74, 6) is -1.19. The molecule has 1 aliphatic rings. The summed E-state index contributed by atoms with van der Waals surface area (Å²) in [4.78, 5) is 13.2. The molecular formula is C14H18N2O2. The van der Waals surface area contributed by atoms with Gasteiger partial charge in [0.2, 0.25) is 0 Å². The fourth-order valence-corrected chi connectivity index (χ4v) is 2.20. The highest BCUT2D eigenvalue weighted by molar-refractivity contribution is 5.79. The molecule has 4 nitrogen and oxygen atoms in total. The Morgan fingerprint density at radius 1 is 1.44 bits per heavy atom. The second-order valence-corrected chi connectivity index (χ2v) is 4.93. The van der Waals surface area contributed by atoms with E-state index >= 15 is 0 Å². The molecule has 0 bridgehead atoms. The van der Waals surface area contributed by atoms with Crippen molar-refractivity contribution >= 4 is 12.0 Å². The SMILES string of the molecule is CC(C)[C@@](N)(C(=O)O)N1C=Cc2ccccc2C1. The van der Waals surface area contributed by atoms with Gasteiger partial charge < -0.3 is 10.0 Å². The summed E-state index contributed by atoms with van der Waals surface area (Å²) in [6.45, 7) is 4.17. The molecule has 0 saturated heterocycles. The minimum atomic E-state index is -1.37. The molecule has 0 unspecified atom stereocenters. The van der Waals surface area contributed by atoms with Crippen LogP contribution in [0.2, 0.25) is 0 Å². The quantitative estimate of drug-likeness (QED) is 0.854. The largest absolute Gasteiger partial charge is 0.478 e. The lowest BCUT2D eigenvalue weighted by atomic mass is 9.92. The van der Waals surface area contributed by atoms with Crippen LogP contribution in [-0.2, 0) is 11.3 Å². The third kappa shape index (κ3) is 1.88. The van der Waals surface area contributed by atoms with Gasteiger partial charge in [0.05, 0.1) is 0 Å². The maximum Gasteiger partial charge on any atom is 0.344 e. The maximum atomic E-state index is 11.5. The summed E-state index contributed by atoms with van der Waals surface area (Å²) in [5, 5.41) is 9.40. The van der Waals surface area contributed by atoms with Crippen LogP contribution in [0.4, 0.5) is 0 Å². The van der Waals surface area contributed by atoms with Gasteiger partial charge in [0.15, 0.2) is 5.66 Å². The van der Waals surface area contributed by atoms with Crippen molar-refractivity contribution < 1.29 is 9.90 Å². The molecule has 18 heavy (non-hydrogen) atoms. The van der Waals surface area contributed by atoms with Gasteiger partial charge in [-0.05, 0) is 17.2 Å². The Morgan fingerprint density at radius 3 is 2.72 bits per heavy atom. The number of hydrogen-bond acceptors (Lipinski definition) is 3. The van der Waals surface area contributed by atoms with Crippen molar-refractivity contribution in [2.75, 3.05) is 0 Å². The molecule has 4 heteroatoms. The van der Waals surface area contributed by atoms with Crippen molar-refractivity contribution in [2.24, 2.45) is 11.7 Å². The van der Waals surface area contributed by atoms with Gasteiger partial charge in [-0.1, -0.05) is 38.1 Å². The minimum absolute atomic E-state index is 0.190. The Morgan fingerprint density at radius 2 is 2.11 bits per heavy atom. The van der Waals surface area contributed by atoms with E-state index in [2.05, 4.69) is 0 Å². The summed E-state index contributed by atoms with van der Waals surface area (Å²) in [7, 11) is 0. The van der Waals surface area contributed by atoms with Crippen molar-refractivity contribution in [3.63, 3.8) is 0 Å². The number of nitrogens with two attached hydrogens (primary N) is 1. The Kier molecular flexibility index (Phi) is 3.13. The lowest BCUT2D eigenvalue weighted by molar-refractivity contribution is -0.153. The van der Waals surface area contributed by atoms with Crippen LogP contribution in [0.15, 0.2) is 30.5 Å². The Labute approximate surface area is 107 Å². The molecule has 0 amide bonds. The van der Waals surface area contributed by atoms with E-state index in [-0.39, 0.29) is 5.92 Å². The predicted octanol–water partition coefficient (Wildman–Crippen LogP) is 1.87. The number of rotatable bonds is 3. The molecule has 0 saturated carbocycles. The first-order valence-electron chi connectivity index (χ1n) is 6.01. The summed E-state index contributed by atoms with van der Waals surface area (Å²) in [6, 6.07) is 7.92. The molecule has 1 aromatic carbocycles. The van der Waals surface area contributed by atoms with Crippen LogP contribution in [0.1, 0.15) is 25.0 Å². The van der Waals surface area contributed by atoms with E-state index in [1.54, 1.807) is 11.1 Å². The molecule has 1 heterocycles. The van der Waals surface area contributed by atoms with E-state index in [1.807, 2.05) is 44.2 Å². The molecule has 3 N–H and O–H groups in total. The van der Waals surface area contributed by atoms with E-state index < -0.39 is 11.6 Å². The number of nitrogens with zero attached hydrogens (tertiary/aromatic N) is 1. The van der Waals surface area contributed by atoms with Gasteiger partial charge in [-0.2, -0.15) is 0 Å². The second kappa shape index (κ2) is 4.46. The van der Waals surface area contributed by atoms with E-state index in [4.69, 9.17) is 5.73 Å². The smallest absolute Gasteiger partial charge is 0.344 e. The van der Waals surface area contributed by atoms with Crippen LogP contribution in [0, 0.1) is 5.92 Å². The Balaban J connectivity index is 2.36. The summed E-state index contributed by atoms with van der Waals surface area (Å²) in [5.41, 5.74) is 6.93. The van der Waals surface area contributed by atoms with E-state index in [9.17, 15) is 9.90 Å². The number of carboxylic acid groups (broad SMARTS) is 1. The highest BCUT2D eigenvalue weighted by atomic mass is 16.4. The average Bonchev–Trinajstić information content (AvgIpc) is 2.36. The number of hydrogen-bond donors (Lipinski definition) is 2. The Bertz CT molecular complexity index is 496. The molecule has 0 aliphatic carbocycles. The van der Waals surface area contributed by atoms with Crippen molar-refractivity contribution in [3.05, 3.63) is 41.6 Å². The number of carboxylic acids is 1. The fraction of sp³-hybridized carbons (Fsp3) is 0.357. The monoisotopic (exact) mass is 246 g/mol. The van der Waals surface area contributed by atoms with Gasteiger partial charge in [0, 0.05) is 18.7 Å². The third-order valence-corrected chi connectivity index (χ3v) is 3.53. The van der Waals surface area contributed by atoms with Gasteiger partial charge in [-0.15, -0.1) is 0 Å². The minimum Gasteiger partial charge on any atom is -0.478 e. The van der Waals surface area contributed by atoms with Gasteiger partial charge >= 0.3 is 5.97 Å². The first-order valence-corrected chi connectivity index (χ1v) is 6.01. The van der Waals surface area contributed by atoms with Gasteiger partial charge in [-0.25, -0.2) is 4.79 Å². The molecule has 1 aromatic rings. The molecule has 1 aliphatic heterocycles. The average molecular weight is 246 g/mol. The highest BCUT2D eigenvalue weighted by Crippen LogP contribution is 2.28. The normalized spacial score (nSPS) is 17.4. The van der Waals surface area contributed by atoms with Crippen LogP contribution in [-0.4, -0.2) is 21.6 Å². The van der Waals surface area contributed by atoms with Crippen LogP contribution in [0.3, 0.4) is 0 Å². The zero-order chi connectivity index (χ0) is 13.3. The molecule has 0 radical (unpaired) electrons. The summed E-state index contributed by atoms with van der Waals surface area (Å²) in [6.07, 6.45) is 3.68. The first kappa shape index (κ1) is 12.6. The van der Waals surface area contributed by atoms with Crippen molar-refractivity contribution in [3.8, 4) is 0 Å². The molecule has 2 rings (SSSR count). The maximum absolute atomic E-state index is 11.5. The van der Waals surface area contributed by atoms with E-state index in [1.165, 1.54) is 0 Å². The van der Waals surface area contributed by atoms with Crippen LogP contribution in [0.25, 0.3) is 6.08 Å². The summed E-state index contributed by atoms with van der Waals surface area (Å²) < 4.78 is 0. The molecule has 0 spiro atoms. The summed E-state index contributed by atoms with van der Waals surface area (Å²) >= 11 is 0. The number of carbonyl (C=O) groups is 1. The van der Waals surface area contributed by atoms with Crippen molar-refractivity contribution in [1.29, 1.82) is 0 Å². The molecule has 0 aromatic heterocycles. The predicted molar refractivity (Wildman–Crippen MR) is 70.4 cm³/mol. The van der Waals surface area contributed by atoms with Crippen LogP contribution < -0.4 is 5.73 Å². The third-order valence-electron chi connectivity index (χ3n) is 3.53. The van der Waals surface area contributed by atoms with E-state index in [0.29, 0.717) is 6.54 Å². The van der Waals surface area contributed by atoms with Gasteiger partial charge in [0.1, 0.15) is 0 Å². The zero-order valence-electron chi connectivity index (χ0n) is 10.6. The van der Waals surface area contributed by atoms with Crippen LogP contribution in [0.5, 0.6) is 0 Å². The lowest BCUT2D eigenvalue weighted by Crippen LogP contribution is -2.63. The van der Waals surface area contributed by atoms with Crippen molar-refractivity contribution in [1.82, 2.24) is 4.90 Å². The molecular weight excluding hydrogens is 228 g/mol. The second-order valence-electron chi connectivity index (χ2n) is 4.93. The topological polar surface area (TPSA) is 66.6 Å². The highest BCUT2D eigenvalue weighted by Gasteiger charge is 2.43. The zero-order valence-corrected chi connectivity index (χ0v) is 10.6. The first-order chi connectivity index (χ1) is 8.46. The lowest BCUT2D eigenvalue weighted by Gasteiger charge is -2.41. The van der Waals surface area contributed by atoms with Crippen LogP contribution >= 0.6 is 0 Å². The number of aliphatic carboxylic acids is 1. The molecule has 0 fully saturated rings. The van der Waals surface area contributed by atoms with Crippen molar-refractivity contribution in [2.45, 2.75) is 26.1 Å². The molecule has 1 atom stereocenters.